The second-order valence-electron chi connectivity index (χ2n) is 24.4. The summed E-state index contributed by atoms with van der Waals surface area (Å²) in [7, 11) is 0. The third-order valence-corrected chi connectivity index (χ3v) is 13.8. The molecule has 0 aromatic heterocycles. The number of amides is 9. The number of hydrogen-bond donors (Lipinski definition) is 16. The van der Waals surface area contributed by atoms with E-state index >= 15 is 0 Å². The Morgan fingerprint density at radius 2 is 0.816 bits per heavy atom. The first-order valence-corrected chi connectivity index (χ1v) is 30.2. The Hall–Kier alpha value is -7.78. The van der Waals surface area contributed by atoms with Gasteiger partial charge < -0.3 is 86.7 Å². The maximum Gasteiger partial charge on any atom is 0.326 e. The van der Waals surface area contributed by atoms with Crippen molar-refractivity contribution in [3.8, 4) is 5.75 Å². The highest BCUT2D eigenvalue weighted by Gasteiger charge is 2.37. The number of nitrogens with two attached hydrogens (primary N) is 5. The van der Waals surface area contributed by atoms with Gasteiger partial charge in [-0.15, -0.1) is 0 Å². The number of aliphatic carboxylic acids is 1. The van der Waals surface area contributed by atoms with Crippen molar-refractivity contribution in [2.24, 2.45) is 74.2 Å². The fourth-order valence-electron chi connectivity index (χ4n) is 9.13. The van der Waals surface area contributed by atoms with Crippen LogP contribution >= 0.6 is 0 Å². The van der Waals surface area contributed by atoms with E-state index in [1.54, 1.807) is 13.8 Å². The Kier molecular flexibility index (Phi) is 35.4. The van der Waals surface area contributed by atoms with Gasteiger partial charge in [-0.25, -0.2) is 4.79 Å². The second kappa shape index (κ2) is 39.8. The zero-order chi connectivity index (χ0) is 66.2. The van der Waals surface area contributed by atoms with E-state index in [9.17, 15) is 58.2 Å². The molecule has 0 bridgehead atoms. The third-order valence-electron chi connectivity index (χ3n) is 13.8. The fraction of sp³-hybridized carbons (Fsp3) is 0.695. The highest BCUT2D eigenvalue weighted by atomic mass is 16.4. The summed E-state index contributed by atoms with van der Waals surface area (Å²) < 4.78 is 0. The summed E-state index contributed by atoms with van der Waals surface area (Å²) in [6.07, 6.45) is 1.68. The summed E-state index contributed by atoms with van der Waals surface area (Å²) >= 11 is 0. The van der Waals surface area contributed by atoms with Crippen LogP contribution in [0.4, 0.5) is 0 Å². The van der Waals surface area contributed by atoms with Crippen LogP contribution in [0.15, 0.2) is 34.3 Å². The first-order valence-electron chi connectivity index (χ1n) is 30.2. The van der Waals surface area contributed by atoms with Crippen LogP contribution in [0.5, 0.6) is 5.75 Å². The van der Waals surface area contributed by atoms with Gasteiger partial charge in [0.25, 0.3) is 0 Å². The van der Waals surface area contributed by atoms with E-state index in [4.69, 9.17) is 28.7 Å². The molecule has 1 rings (SSSR count). The number of phenols is 1. The molecule has 0 radical (unpaired) electrons. The number of carbonyl (C=O) groups is 10. The molecule has 0 aliphatic carbocycles. The standard InChI is InChI=1S/C59H104N16O12/c1-13-36(12)48(56(85)74-45(28-35(10)11)55(84)71-41(24-31(2)3)50(79)67-30-47(77)68-46(57(86)87)29-37-18-20-38(76)21-19-37)75-51(80)40(17-15-23-66-59(63)64)69-52(81)43(26-33(6)7)72-54(83)44(27-34(8)9)73-53(82)42(25-32(4)5)70-49(78)39(60)16-14-22-65-58(61)62/h18-21,31-36,39-46,48,76H,13-17,22-30,60H2,1-12H3,(H,67,79)(H,68,77)(H,69,81)(H,70,78)(H,71,84)(H,72,83)(H,73,82)(H,74,85)(H,75,80)(H,86,87)(H4,61,62,65)(H4,63,64,66)/t36-,39-,40-,41-,42-,43-,44-,45-,46-,48-/m0/s1. The summed E-state index contributed by atoms with van der Waals surface area (Å²) in [5.41, 5.74) is 28.7. The number of benzene rings is 1. The van der Waals surface area contributed by atoms with Crippen molar-refractivity contribution in [2.75, 3.05) is 19.6 Å². The minimum atomic E-state index is -1.36. The average molecular weight is 1230 g/mol. The normalized spacial score (nSPS) is 14.8. The van der Waals surface area contributed by atoms with E-state index in [0.29, 0.717) is 18.4 Å². The van der Waals surface area contributed by atoms with Crippen molar-refractivity contribution in [3.05, 3.63) is 29.8 Å². The Morgan fingerprint density at radius 3 is 1.20 bits per heavy atom. The molecule has 21 N–H and O–H groups in total. The van der Waals surface area contributed by atoms with E-state index in [2.05, 4.69) is 57.8 Å². The third kappa shape index (κ3) is 32.0. The van der Waals surface area contributed by atoms with Gasteiger partial charge in [-0.3, -0.25) is 53.1 Å². The number of carboxylic acid groups (broad SMARTS) is 1. The number of hydrogen-bond acceptors (Lipinski definition) is 14. The van der Waals surface area contributed by atoms with Gasteiger partial charge in [0.05, 0.1) is 12.6 Å². The number of aliphatic imine (C=N–C) groups is 2. The first-order chi connectivity index (χ1) is 40.6. The monoisotopic (exact) mass is 1230 g/mol. The maximum absolute atomic E-state index is 14.6. The molecule has 0 unspecified atom stereocenters. The molecule has 28 nitrogen and oxygen atoms in total. The molecule has 0 saturated carbocycles. The van der Waals surface area contributed by atoms with Gasteiger partial charge in [0.2, 0.25) is 53.2 Å². The lowest BCUT2D eigenvalue weighted by atomic mass is 9.95. The molecule has 1 aromatic rings. The Morgan fingerprint density at radius 1 is 0.460 bits per heavy atom. The average Bonchev–Trinajstić information content (AvgIpc) is 3.13. The minimum Gasteiger partial charge on any atom is -0.508 e. The number of nitrogens with zero attached hydrogens (tertiary/aromatic N) is 2. The molecule has 0 heterocycles. The number of aromatic hydroxyl groups is 1. The van der Waals surface area contributed by atoms with Crippen molar-refractivity contribution in [1.29, 1.82) is 0 Å². The van der Waals surface area contributed by atoms with Gasteiger partial charge in [-0.2, -0.15) is 0 Å². The van der Waals surface area contributed by atoms with Crippen molar-refractivity contribution in [1.82, 2.24) is 47.9 Å². The number of nitrogens with one attached hydrogen (secondary N) is 9. The van der Waals surface area contributed by atoms with E-state index in [1.807, 2.05) is 69.2 Å². The van der Waals surface area contributed by atoms with Crippen LogP contribution in [-0.4, -0.2) is 155 Å². The fourth-order valence-corrected chi connectivity index (χ4v) is 9.13. The number of carboxylic acids is 1. The summed E-state index contributed by atoms with van der Waals surface area (Å²) in [5, 5.41) is 43.6. The van der Waals surface area contributed by atoms with Crippen molar-refractivity contribution >= 4 is 71.1 Å². The molecule has 1 aromatic carbocycles. The molecule has 0 aliphatic rings. The molecule has 28 heteroatoms. The molecular weight excluding hydrogens is 1120 g/mol. The van der Waals surface area contributed by atoms with Crippen LogP contribution in [0, 0.1) is 35.5 Å². The Labute approximate surface area is 512 Å². The first kappa shape index (κ1) is 77.2. The van der Waals surface area contributed by atoms with Crippen LogP contribution in [0.3, 0.4) is 0 Å². The summed E-state index contributed by atoms with van der Waals surface area (Å²) in [5.74, 6) is -9.38. The van der Waals surface area contributed by atoms with E-state index in [1.165, 1.54) is 24.3 Å². The smallest absolute Gasteiger partial charge is 0.326 e. The summed E-state index contributed by atoms with van der Waals surface area (Å²) in [6, 6.07) is -5.09. The highest BCUT2D eigenvalue weighted by Crippen LogP contribution is 2.17. The highest BCUT2D eigenvalue weighted by molar-refractivity contribution is 5.98. The van der Waals surface area contributed by atoms with E-state index in [-0.39, 0.29) is 118 Å². The maximum atomic E-state index is 14.6. The molecule has 0 aliphatic heterocycles. The number of phenolic OH excluding ortho intramolecular Hbond substituents is 1. The lowest BCUT2D eigenvalue weighted by molar-refractivity contribution is -0.141. The van der Waals surface area contributed by atoms with Crippen LogP contribution in [-0.2, 0) is 54.4 Å². The summed E-state index contributed by atoms with van der Waals surface area (Å²) in [4.78, 5) is 146. The zero-order valence-corrected chi connectivity index (χ0v) is 53.1. The quantitative estimate of drug-likeness (QED) is 0.0228. The van der Waals surface area contributed by atoms with Gasteiger partial charge in [-0.05, 0) is 111 Å². The van der Waals surface area contributed by atoms with Crippen molar-refractivity contribution in [2.45, 2.75) is 208 Å². The van der Waals surface area contributed by atoms with Crippen molar-refractivity contribution in [3.63, 3.8) is 0 Å². The molecular formula is C59H104N16O12. The zero-order valence-electron chi connectivity index (χ0n) is 53.1. The predicted molar refractivity (Wildman–Crippen MR) is 332 cm³/mol. The van der Waals surface area contributed by atoms with E-state index < -0.39 is 126 Å². The lowest BCUT2D eigenvalue weighted by Crippen LogP contribution is -2.61. The van der Waals surface area contributed by atoms with Crippen LogP contribution in [0.1, 0.15) is 153 Å². The molecule has 0 saturated heterocycles. The summed E-state index contributed by atoms with van der Waals surface area (Å²) in [6.45, 7) is 21.5. The topological polar surface area (TPSA) is 474 Å². The van der Waals surface area contributed by atoms with Gasteiger partial charge in [-0.1, -0.05) is 102 Å². The Bertz CT molecular complexity index is 2450. The molecule has 87 heavy (non-hydrogen) atoms. The number of guanidine groups is 2. The van der Waals surface area contributed by atoms with Gasteiger partial charge >= 0.3 is 5.97 Å². The molecule has 0 fully saturated rings. The van der Waals surface area contributed by atoms with Gasteiger partial charge in [0.15, 0.2) is 11.9 Å². The van der Waals surface area contributed by atoms with Gasteiger partial charge in [0.1, 0.15) is 54.1 Å². The molecule has 0 spiro atoms. The SMILES string of the molecule is CC[C@H](C)[C@H](NC(=O)[C@H](CCCN=C(N)N)NC(=O)[C@H](CC(C)C)NC(=O)[C@H](CC(C)C)NC(=O)[C@H](CC(C)C)NC(=O)[C@@H](N)CCCN=C(N)N)C(=O)N[C@@H](CC(C)C)C(=O)N[C@@H](CC(C)C)C(=O)NCC(=O)N[C@@H](Cc1ccc(O)cc1)C(=O)O. The molecule has 492 valence electrons. The second-order valence-corrected chi connectivity index (χ2v) is 24.4. The van der Waals surface area contributed by atoms with Crippen LogP contribution < -0.4 is 76.5 Å². The predicted octanol–water partition coefficient (Wildman–Crippen LogP) is -0.275. The largest absolute Gasteiger partial charge is 0.508 e. The van der Waals surface area contributed by atoms with Crippen LogP contribution in [0.25, 0.3) is 0 Å². The number of rotatable bonds is 41. The molecule has 9 amide bonds. The lowest BCUT2D eigenvalue weighted by Gasteiger charge is -2.30. The van der Waals surface area contributed by atoms with Crippen LogP contribution in [0.2, 0.25) is 0 Å². The Balaban J connectivity index is 3.49. The van der Waals surface area contributed by atoms with Crippen molar-refractivity contribution < 1.29 is 58.2 Å². The molecule has 10 atom stereocenters. The van der Waals surface area contributed by atoms with E-state index in [0.717, 1.165) is 0 Å². The number of carbonyl (C=O) groups excluding carboxylic acids is 9. The minimum absolute atomic E-state index is 0.0209. The van der Waals surface area contributed by atoms with Gasteiger partial charge in [0, 0.05) is 19.5 Å².